The molecule has 3 aromatic rings. The lowest BCUT2D eigenvalue weighted by Crippen LogP contribution is -2.29. The SMILES string of the molecule is CCc1cccc(Nc2ncnc3c2cnn3C2CCNCC2)c1. The van der Waals surface area contributed by atoms with Crippen molar-refractivity contribution in [1.82, 2.24) is 25.1 Å². The van der Waals surface area contributed by atoms with Crippen molar-refractivity contribution in [2.75, 3.05) is 18.4 Å². The molecule has 1 saturated heterocycles. The molecule has 1 aliphatic rings. The van der Waals surface area contributed by atoms with Crippen LogP contribution in [0, 0.1) is 0 Å². The molecule has 1 aromatic carbocycles. The monoisotopic (exact) mass is 322 g/mol. The van der Waals surface area contributed by atoms with Crippen LogP contribution in [0.2, 0.25) is 0 Å². The Kier molecular flexibility index (Phi) is 4.13. The van der Waals surface area contributed by atoms with Crippen molar-refractivity contribution in [2.45, 2.75) is 32.2 Å². The van der Waals surface area contributed by atoms with Gasteiger partial charge < -0.3 is 10.6 Å². The van der Waals surface area contributed by atoms with Crippen LogP contribution in [0.25, 0.3) is 11.0 Å². The average molecular weight is 322 g/mol. The number of anilines is 2. The lowest BCUT2D eigenvalue weighted by Gasteiger charge is -2.23. The number of fused-ring (bicyclic) bond motifs is 1. The highest BCUT2D eigenvalue weighted by atomic mass is 15.3. The summed E-state index contributed by atoms with van der Waals surface area (Å²) in [6.45, 7) is 4.23. The lowest BCUT2D eigenvalue weighted by atomic mass is 10.1. The van der Waals surface area contributed by atoms with E-state index in [9.17, 15) is 0 Å². The molecule has 0 amide bonds. The Hall–Kier alpha value is -2.47. The van der Waals surface area contributed by atoms with Crippen LogP contribution in [0.15, 0.2) is 36.8 Å². The molecule has 3 heterocycles. The molecule has 0 aliphatic carbocycles. The molecule has 6 nitrogen and oxygen atoms in total. The summed E-state index contributed by atoms with van der Waals surface area (Å²) in [5.74, 6) is 0.813. The van der Waals surface area contributed by atoms with E-state index in [1.807, 2.05) is 6.20 Å². The largest absolute Gasteiger partial charge is 0.340 e. The van der Waals surface area contributed by atoms with Crippen molar-refractivity contribution in [1.29, 1.82) is 0 Å². The van der Waals surface area contributed by atoms with Gasteiger partial charge in [0.25, 0.3) is 0 Å². The van der Waals surface area contributed by atoms with Gasteiger partial charge in [0, 0.05) is 5.69 Å². The van der Waals surface area contributed by atoms with Crippen LogP contribution >= 0.6 is 0 Å². The van der Waals surface area contributed by atoms with Gasteiger partial charge in [0.1, 0.15) is 12.1 Å². The van der Waals surface area contributed by atoms with Crippen molar-refractivity contribution < 1.29 is 0 Å². The highest BCUT2D eigenvalue weighted by Gasteiger charge is 2.19. The predicted octanol–water partition coefficient (Wildman–Crippen LogP) is 3.06. The Morgan fingerprint density at radius 3 is 2.96 bits per heavy atom. The van der Waals surface area contributed by atoms with Crippen LogP contribution < -0.4 is 10.6 Å². The maximum atomic E-state index is 4.60. The van der Waals surface area contributed by atoms with Gasteiger partial charge in [0.05, 0.1) is 17.6 Å². The maximum Gasteiger partial charge on any atom is 0.163 e. The zero-order valence-electron chi connectivity index (χ0n) is 13.9. The normalized spacial score (nSPS) is 15.7. The molecule has 0 bridgehead atoms. The Bertz CT molecular complexity index is 834. The van der Waals surface area contributed by atoms with Gasteiger partial charge in [-0.05, 0) is 50.0 Å². The van der Waals surface area contributed by atoms with E-state index in [1.165, 1.54) is 5.56 Å². The Morgan fingerprint density at radius 1 is 1.25 bits per heavy atom. The van der Waals surface area contributed by atoms with Crippen LogP contribution in [0.4, 0.5) is 11.5 Å². The molecule has 0 spiro atoms. The maximum absolute atomic E-state index is 4.60. The van der Waals surface area contributed by atoms with Crippen molar-refractivity contribution in [2.24, 2.45) is 0 Å². The number of rotatable bonds is 4. The van der Waals surface area contributed by atoms with Crippen molar-refractivity contribution >= 4 is 22.5 Å². The molecular weight excluding hydrogens is 300 g/mol. The third-order valence-electron chi connectivity index (χ3n) is 4.64. The molecular formula is C18H22N6. The van der Waals surface area contributed by atoms with E-state index < -0.39 is 0 Å². The summed E-state index contributed by atoms with van der Waals surface area (Å²) >= 11 is 0. The Morgan fingerprint density at radius 2 is 2.12 bits per heavy atom. The Balaban J connectivity index is 1.67. The average Bonchev–Trinajstić information content (AvgIpc) is 3.08. The van der Waals surface area contributed by atoms with Crippen molar-refractivity contribution in [3.63, 3.8) is 0 Å². The van der Waals surface area contributed by atoms with Gasteiger partial charge in [-0.15, -0.1) is 0 Å². The fourth-order valence-electron chi connectivity index (χ4n) is 3.29. The van der Waals surface area contributed by atoms with E-state index >= 15 is 0 Å². The first-order chi connectivity index (χ1) is 11.8. The van der Waals surface area contributed by atoms with Crippen LogP contribution in [0.3, 0.4) is 0 Å². The molecule has 0 radical (unpaired) electrons. The molecule has 6 heteroatoms. The third-order valence-corrected chi connectivity index (χ3v) is 4.64. The number of benzene rings is 1. The van der Waals surface area contributed by atoms with Crippen molar-refractivity contribution in [3.05, 3.63) is 42.4 Å². The molecule has 2 N–H and O–H groups in total. The number of nitrogens with one attached hydrogen (secondary N) is 2. The fourth-order valence-corrected chi connectivity index (χ4v) is 3.29. The molecule has 4 rings (SSSR count). The first-order valence-corrected chi connectivity index (χ1v) is 8.60. The van der Waals surface area contributed by atoms with Gasteiger partial charge >= 0.3 is 0 Å². The molecule has 24 heavy (non-hydrogen) atoms. The summed E-state index contributed by atoms with van der Waals surface area (Å²) < 4.78 is 2.06. The number of aromatic nitrogens is 4. The highest BCUT2D eigenvalue weighted by molar-refractivity contribution is 5.88. The lowest BCUT2D eigenvalue weighted by molar-refractivity contribution is 0.349. The molecule has 0 saturated carbocycles. The van der Waals surface area contributed by atoms with Crippen LogP contribution in [-0.4, -0.2) is 32.8 Å². The summed E-state index contributed by atoms with van der Waals surface area (Å²) in [6.07, 6.45) is 6.68. The standard InChI is InChI=1S/C18H22N6/c1-2-13-4-3-5-14(10-13)23-17-16-11-22-24(18(16)21-12-20-17)15-6-8-19-9-7-15/h3-5,10-12,15,19H,2,6-9H2,1H3,(H,20,21,23). The first kappa shape index (κ1) is 15.1. The van der Waals surface area contributed by atoms with Gasteiger partial charge in [-0.25, -0.2) is 14.6 Å². The second kappa shape index (κ2) is 6.57. The molecule has 124 valence electrons. The summed E-state index contributed by atoms with van der Waals surface area (Å²) in [5, 5.41) is 12.4. The molecule has 1 fully saturated rings. The van der Waals surface area contributed by atoms with Crippen molar-refractivity contribution in [3.8, 4) is 0 Å². The molecule has 0 unspecified atom stereocenters. The summed E-state index contributed by atoms with van der Waals surface area (Å²) in [6, 6.07) is 8.83. The Labute approximate surface area is 141 Å². The second-order valence-electron chi connectivity index (χ2n) is 6.21. The van der Waals surface area contributed by atoms with Gasteiger partial charge in [-0.2, -0.15) is 5.10 Å². The first-order valence-electron chi connectivity index (χ1n) is 8.60. The number of aryl methyl sites for hydroxylation is 1. The topological polar surface area (TPSA) is 67.7 Å². The van der Waals surface area contributed by atoms with E-state index in [1.54, 1.807) is 6.33 Å². The van der Waals surface area contributed by atoms with E-state index in [0.717, 1.165) is 54.9 Å². The molecule has 2 aromatic heterocycles. The van der Waals surface area contributed by atoms with Gasteiger partial charge in [0.2, 0.25) is 0 Å². The van der Waals surface area contributed by atoms with Crippen LogP contribution in [0.1, 0.15) is 31.4 Å². The van der Waals surface area contributed by atoms with Gasteiger partial charge in [-0.1, -0.05) is 19.1 Å². The number of nitrogens with zero attached hydrogens (tertiary/aromatic N) is 4. The highest BCUT2D eigenvalue weighted by Crippen LogP contribution is 2.27. The van der Waals surface area contributed by atoms with E-state index in [4.69, 9.17) is 0 Å². The minimum absolute atomic E-state index is 0.412. The summed E-state index contributed by atoms with van der Waals surface area (Å²) in [4.78, 5) is 8.91. The van der Waals surface area contributed by atoms with Gasteiger partial charge in [-0.3, -0.25) is 0 Å². The van der Waals surface area contributed by atoms with E-state index in [-0.39, 0.29) is 0 Å². The molecule has 1 aliphatic heterocycles. The summed E-state index contributed by atoms with van der Waals surface area (Å²) in [7, 11) is 0. The van der Waals surface area contributed by atoms with Gasteiger partial charge in [0.15, 0.2) is 5.65 Å². The minimum Gasteiger partial charge on any atom is -0.340 e. The smallest absolute Gasteiger partial charge is 0.163 e. The number of hydrogen-bond donors (Lipinski definition) is 2. The number of piperidine rings is 1. The van der Waals surface area contributed by atoms with E-state index in [0.29, 0.717) is 6.04 Å². The zero-order chi connectivity index (χ0) is 16.4. The minimum atomic E-state index is 0.412. The number of hydrogen-bond acceptors (Lipinski definition) is 5. The van der Waals surface area contributed by atoms with Crippen LogP contribution in [-0.2, 0) is 6.42 Å². The second-order valence-corrected chi connectivity index (χ2v) is 6.21. The summed E-state index contributed by atoms with van der Waals surface area (Å²) in [5.41, 5.74) is 3.26. The quantitative estimate of drug-likeness (QED) is 0.773. The third kappa shape index (κ3) is 2.85. The van der Waals surface area contributed by atoms with E-state index in [2.05, 4.69) is 61.6 Å². The predicted molar refractivity (Wildman–Crippen MR) is 95.6 cm³/mol. The molecule has 0 atom stereocenters. The fraction of sp³-hybridized carbons (Fsp3) is 0.389. The van der Waals surface area contributed by atoms with Crippen LogP contribution in [0.5, 0.6) is 0 Å². The zero-order valence-corrected chi connectivity index (χ0v) is 13.9.